The quantitative estimate of drug-likeness (QED) is 0.811. The van der Waals surface area contributed by atoms with E-state index in [-0.39, 0.29) is 0 Å². The van der Waals surface area contributed by atoms with Gasteiger partial charge in [-0.25, -0.2) is 0 Å². The maximum atomic E-state index is 10.8. The molecule has 1 N–H and O–H groups in total. The van der Waals surface area contributed by atoms with Crippen LogP contribution < -0.4 is 0 Å². The molecule has 3 atom stereocenters. The molecular formula is C15H25NO. The van der Waals surface area contributed by atoms with Crippen LogP contribution >= 0.6 is 0 Å². The average molecular weight is 235 g/mol. The largest absolute Gasteiger partial charge is 0.389 e. The average Bonchev–Trinajstić information content (AvgIpc) is 2.23. The van der Waals surface area contributed by atoms with Crippen molar-refractivity contribution in [3.05, 3.63) is 0 Å². The van der Waals surface area contributed by atoms with E-state index in [0.717, 1.165) is 25.7 Å². The zero-order valence-electron chi connectivity index (χ0n) is 11.2. The molecule has 0 amide bonds. The predicted octanol–water partition coefficient (Wildman–Crippen LogP) is 3.65. The maximum Gasteiger partial charge on any atom is 0.0860 e. The van der Waals surface area contributed by atoms with Gasteiger partial charge in [0, 0.05) is 0 Å². The molecule has 0 bridgehead atoms. The van der Waals surface area contributed by atoms with Gasteiger partial charge in [0.1, 0.15) is 0 Å². The Labute approximate surface area is 105 Å². The predicted molar refractivity (Wildman–Crippen MR) is 68.3 cm³/mol. The molecule has 2 aliphatic rings. The van der Waals surface area contributed by atoms with Crippen LogP contribution in [0.25, 0.3) is 0 Å². The third-order valence-corrected chi connectivity index (χ3v) is 5.15. The molecule has 3 unspecified atom stereocenters. The fraction of sp³-hybridized carbons (Fsp3) is 0.933. The Kier molecular flexibility index (Phi) is 3.50. The lowest BCUT2D eigenvalue weighted by atomic mass is 9.59. The van der Waals surface area contributed by atoms with Crippen LogP contribution in [-0.4, -0.2) is 10.7 Å². The van der Waals surface area contributed by atoms with Crippen molar-refractivity contribution in [1.29, 1.82) is 5.26 Å². The Morgan fingerprint density at radius 2 is 2.06 bits per heavy atom. The molecule has 2 aliphatic carbocycles. The molecule has 2 fully saturated rings. The van der Waals surface area contributed by atoms with E-state index in [4.69, 9.17) is 0 Å². The zero-order valence-corrected chi connectivity index (χ0v) is 11.2. The topological polar surface area (TPSA) is 44.0 Å². The van der Waals surface area contributed by atoms with Gasteiger partial charge in [0.25, 0.3) is 0 Å². The van der Waals surface area contributed by atoms with Crippen molar-refractivity contribution in [3.8, 4) is 6.07 Å². The number of rotatable bonds is 3. The van der Waals surface area contributed by atoms with Crippen LogP contribution in [0.5, 0.6) is 0 Å². The summed E-state index contributed by atoms with van der Waals surface area (Å²) in [5.41, 5.74) is -1.28. The summed E-state index contributed by atoms with van der Waals surface area (Å²) in [5, 5.41) is 20.4. The molecule has 0 saturated heterocycles. The van der Waals surface area contributed by atoms with Crippen molar-refractivity contribution in [1.82, 2.24) is 0 Å². The Balaban J connectivity index is 2.11. The summed E-state index contributed by atoms with van der Waals surface area (Å²) in [5.74, 6) is 1.24. The second kappa shape index (κ2) is 4.61. The fourth-order valence-electron chi connectivity index (χ4n) is 3.72. The van der Waals surface area contributed by atoms with Crippen LogP contribution in [0.2, 0.25) is 0 Å². The number of aliphatic hydroxyl groups is 1. The molecule has 96 valence electrons. The molecule has 2 heteroatoms. The van der Waals surface area contributed by atoms with E-state index in [1.165, 1.54) is 25.7 Å². The first-order valence-corrected chi connectivity index (χ1v) is 7.13. The van der Waals surface area contributed by atoms with Crippen molar-refractivity contribution in [2.24, 2.45) is 17.3 Å². The van der Waals surface area contributed by atoms with E-state index in [9.17, 15) is 10.4 Å². The number of hydrogen-bond acceptors (Lipinski definition) is 2. The molecule has 0 aliphatic heterocycles. The molecular weight excluding hydrogens is 210 g/mol. The van der Waals surface area contributed by atoms with Gasteiger partial charge in [-0.3, -0.25) is 0 Å². The summed E-state index contributed by atoms with van der Waals surface area (Å²) in [6.45, 7) is 4.12. The number of nitrogens with zero attached hydrogens (tertiary/aromatic N) is 1. The van der Waals surface area contributed by atoms with Crippen molar-refractivity contribution >= 4 is 0 Å². The summed E-state index contributed by atoms with van der Waals surface area (Å²) in [6.07, 6.45) is 8.68. The van der Waals surface area contributed by atoms with Gasteiger partial charge < -0.3 is 5.11 Å². The molecule has 0 aromatic rings. The third-order valence-electron chi connectivity index (χ3n) is 5.15. The second-order valence-electron chi connectivity index (χ2n) is 6.67. The summed E-state index contributed by atoms with van der Waals surface area (Å²) >= 11 is 0. The summed E-state index contributed by atoms with van der Waals surface area (Å²) in [7, 11) is 0. The summed E-state index contributed by atoms with van der Waals surface area (Å²) < 4.78 is 0. The minimum absolute atomic E-state index is 0.486. The molecule has 17 heavy (non-hydrogen) atoms. The fourth-order valence-corrected chi connectivity index (χ4v) is 3.72. The Hall–Kier alpha value is -0.550. The Morgan fingerprint density at radius 1 is 1.35 bits per heavy atom. The molecule has 2 nitrogen and oxygen atoms in total. The second-order valence-corrected chi connectivity index (χ2v) is 6.67. The molecule has 2 rings (SSSR count). The zero-order chi connectivity index (χ0) is 12.5. The van der Waals surface area contributed by atoms with Crippen LogP contribution in [-0.2, 0) is 0 Å². The van der Waals surface area contributed by atoms with Gasteiger partial charge in [-0.15, -0.1) is 0 Å². The van der Waals surface area contributed by atoms with Gasteiger partial charge in [0.05, 0.1) is 17.1 Å². The molecule has 0 aromatic carbocycles. The van der Waals surface area contributed by atoms with E-state index >= 15 is 0 Å². The highest BCUT2D eigenvalue weighted by Crippen LogP contribution is 2.50. The Bertz CT molecular complexity index is 313. The van der Waals surface area contributed by atoms with Crippen molar-refractivity contribution in [2.45, 2.75) is 70.8 Å². The van der Waals surface area contributed by atoms with Gasteiger partial charge in [0.15, 0.2) is 0 Å². The first-order chi connectivity index (χ1) is 7.99. The lowest BCUT2D eigenvalue weighted by Gasteiger charge is -2.47. The molecule has 0 heterocycles. The van der Waals surface area contributed by atoms with Gasteiger partial charge in [0.2, 0.25) is 0 Å². The first kappa shape index (κ1) is 12.9. The van der Waals surface area contributed by atoms with Crippen molar-refractivity contribution in [3.63, 3.8) is 0 Å². The van der Waals surface area contributed by atoms with Gasteiger partial charge >= 0.3 is 0 Å². The maximum absolute atomic E-state index is 10.8. The van der Waals surface area contributed by atoms with E-state index in [2.05, 4.69) is 13.0 Å². The molecule has 0 radical (unpaired) electrons. The lowest BCUT2D eigenvalue weighted by molar-refractivity contribution is -0.0878. The standard InChI is InChI=1S/C15H25NO/c1-12-5-4-8-15(9-12,11-16)14(2,17)10-13-6-3-7-13/h12-13,17H,3-10H2,1-2H3. The minimum atomic E-state index is -0.790. The monoisotopic (exact) mass is 235 g/mol. The smallest absolute Gasteiger partial charge is 0.0860 e. The summed E-state index contributed by atoms with van der Waals surface area (Å²) in [6, 6.07) is 2.49. The van der Waals surface area contributed by atoms with E-state index in [0.29, 0.717) is 11.8 Å². The highest BCUT2D eigenvalue weighted by atomic mass is 16.3. The SMILES string of the molecule is CC1CCCC(C#N)(C(C)(O)CC2CCC2)C1. The highest BCUT2D eigenvalue weighted by Gasteiger charge is 2.50. The minimum Gasteiger partial charge on any atom is -0.389 e. The third kappa shape index (κ3) is 2.36. The van der Waals surface area contributed by atoms with E-state index in [1.807, 2.05) is 6.92 Å². The Morgan fingerprint density at radius 3 is 2.53 bits per heavy atom. The van der Waals surface area contributed by atoms with Gasteiger partial charge in [-0.2, -0.15) is 5.26 Å². The lowest BCUT2D eigenvalue weighted by Crippen LogP contribution is -2.49. The van der Waals surface area contributed by atoms with Crippen LogP contribution in [0.3, 0.4) is 0 Å². The molecule has 0 spiro atoms. The summed E-state index contributed by atoms with van der Waals surface area (Å²) in [4.78, 5) is 0. The van der Waals surface area contributed by atoms with E-state index < -0.39 is 11.0 Å². The van der Waals surface area contributed by atoms with Crippen molar-refractivity contribution in [2.75, 3.05) is 0 Å². The van der Waals surface area contributed by atoms with Crippen molar-refractivity contribution < 1.29 is 5.11 Å². The molecule has 2 saturated carbocycles. The molecule has 0 aromatic heterocycles. The van der Waals surface area contributed by atoms with Crippen LogP contribution in [0.4, 0.5) is 0 Å². The van der Waals surface area contributed by atoms with Gasteiger partial charge in [-0.05, 0) is 38.0 Å². The van der Waals surface area contributed by atoms with Crippen LogP contribution in [0.1, 0.15) is 65.2 Å². The van der Waals surface area contributed by atoms with E-state index in [1.54, 1.807) is 0 Å². The first-order valence-electron chi connectivity index (χ1n) is 7.13. The van der Waals surface area contributed by atoms with Crippen LogP contribution in [0.15, 0.2) is 0 Å². The highest BCUT2D eigenvalue weighted by molar-refractivity contribution is 5.12. The number of hydrogen-bond donors (Lipinski definition) is 1. The normalized spacial score (nSPS) is 37.9. The number of nitriles is 1. The van der Waals surface area contributed by atoms with Gasteiger partial charge in [-0.1, -0.05) is 39.0 Å². The van der Waals surface area contributed by atoms with Crippen LogP contribution in [0, 0.1) is 28.6 Å².